The number of aryl methyl sites for hydroxylation is 1. The minimum atomic E-state index is 0.508. The fourth-order valence-electron chi connectivity index (χ4n) is 2.01. The molecule has 2 heterocycles. The number of rotatable bonds is 2. The molecule has 6 heteroatoms. The number of halogens is 2. The first kappa shape index (κ1) is 13.1. The Kier molecular flexibility index (Phi) is 3.42. The van der Waals surface area contributed by atoms with Gasteiger partial charge < -0.3 is 0 Å². The minimum absolute atomic E-state index is 0.508. The minimum Gasteiger partial charge on any atom is -0.275 e. The van der Waals surface area contributed by atoms with Gasteiger partial charge in [0.1, 0.15) is 5.69 Å². The lowest BCUT2D eigenvalue weighted by Gasteiger charge is -2.03. The molecule has 20 heavy (non-hydrogen) atoms. The van der Waals surface area contributed by atoms with E-state index in [9.17, 15) is 0 Å². The molecule has 0 amide bonds. The van der Waals surface area contributed by atoms with Gasteiger partial charge in [0.2, 0.25) is 0 Å². The topological polar surface area (TPSA) is 43.6 Å². The van der Waals surface area contributed by atoms with Gasteiger partial charge in [-0.15, -0.1) is 0 Å². The summed E-state index contributed by atoms with van der Waals surface area (Å²) in [5, 5.41) is 13.2. The molecule has 0 aliphatic heterocycles. The van der Waals surface area contributed by atoms with Crippen LogP contribution in [0.2, 0.25) is 10.0 Å². The van der Waals surface area contributed by atoms with Crippen LogP contribution >= 0.6 is 23.2 Å². The number of benzene rings is 1. The summed E-state index contributed by atoms with van der Waals surface area (Å²) in [5.41, 5.74) is 3.67. The predicted molar refractivity (Wildman–Crippen MR) is 79.7 cm³/mol. The summed E-state index contributed by atoms with van der Waals surface area (Å²) in [6.45, 7) is 0. The van der Waals surface area contributed by atoms with Crippen LogP contribution in [-0.2, 0) is 7.05 Å². The molecule has 0 aliphatic rings. The molecule has 100 valence electrons. The SMILES string of the molecule is Cn1cc(-c2ccnnc2)c(-c2ccc(Cl)c(Cl)c2)n1. The Labute approximate surface area is 126 Å². The molecular weight excluding hydrogens is 295 g/mol. The number of nitrogens with zero attached hydrogens (tertiary/aromatic N) is 4. The molecule has 4 nitrogen and oxygen atoms in total. The maximum absolute atomic E-state index is 6.08. The molecule has 0 spiro atoms. The van der Waals surface area contributed by atoms with E-state index in [1.54, 1.807) is 23.1 Å². The summed E-state index contributed by atoms with van der Waals surface area (Å²) in [6, 6.07) is 7.37. The highest BCUT2D eigenvalue weighted by Gasteiger charge is 2.13. The normalized spacial score (nSPS) is 10.8. The van der Waals surface area contributed by atoms with E-state index in [2.05, 4.69) is 15.3 Å². The lowest BCUT2D eigenvalue weighted by molar-refractivity contribution is 0.771. The first-order valence-electron chi connectivity index (χ1n) is 5.91. The van der Waals surface area contributed by atoms with Crippen molar-refractivity contribution in [3.63, 3.8) is 0 Å². The van der Waals surface area contributed by atoms with Crippen LogP contribution in [0.15, 0.2) is 42.9 Å². The van der Waals surface area contributed by atoms with Crippen molar-refractivity contribution in [2.75, 3.05) is 0 Å². The Morgan fingerprint density at radius 1 is 1.00 bits per heavy atom. The van der Waals surface area contributed by atoms with Crippen LogP contribution in [0.4, 0.5) is 0 Å². The van der Waals surface area contributed by atoms with E-state index in [1.807, 2.05) is 31.4 Å². The van der Waals surface area contributed by atoms with E-state index in [0.717, 1.165) is 22.4 Å². The van der Waals surface area contributed by atoms with E-state index in [4.69, 9.17) is 23.2 Å². The van der Waals surface area contributed by atoms with Crippen molar-refractivity contribution in [2.45, 2.75) is 0 Å². The molecule has 0 saturated heterocycles. The zero-order valence-corrected chi connectivity index (χ0v) is 12.1. The second kappa shape index (κ2) is 5.23. The second-order valence-electron chi connectivity index (χ2n) is 4.33. The monoisotopic (exact) mass is 304 g/mol. The van der Waals surface area contributed by atoms with Crippen LogP contribution in [-0.4, -0.2) is 20.0 Å². The highest BCUT2D eigenvalue weighted by atomic mass is 35.5. The van der Waals surface area contributed by atoms with Crippen molar-refractivity contribution < 1.29 is 0 Å². The van der Waals surface area contributed by atoms with Crippen LogP contribution in [0, 0.1) is 0 Å². The van der Waals surface area contributed by atoms with Gasteiger partial charge in [-0.1, -0.05) is 29.3 Å². The second-order valence-corrected chi connectivity index (χ2v) is 5.14. The van der Waals surface area contributed by atoms with E-state index in [1.165, 1.54) is 0 Å². The predicted octanol–water partition coefficient (Wildman–Crippen LogP) is 3.85. The lowest BCUT2D eigenvalue weighted by Crippen LogP contribution is -1.88. The number of aromatic nitrogens is 4. The smallest absolute Gasteiger partial charge is 0.100 e. The number of hydrogen-bond donors (Lipinski definition) is 0. The third-order valence-corrected chi connectivity index (χ3v) is 3.66. The van der Waals surface area contributed by atoms with Gasteiger partial charge in [-0.2, -0.15) is 15.3 Å². The molecule has 0 bridgehead atoms. The van der Waals surface area contributed by atoms with Crippen molar-refractivity contribution in [1.29, 1.82) is 0 Å². The molecule has 0 N–H and O–H groups in total. The van der Waals surface area contributed by atoms with Crippen molar-refractivity contribution in [1.82, 2.24) is 20.0 Å². The summed E-state index contributed by atoms with van der Waals surface area (Å²) < 4.78 is 1.76. The molecule has 3 aromatic rings. The van der Waals surface area contributed by atoms with Crippen LogP contribution in [0.3, 0.4) is 0 Å². The molecule has 0 radical (unpaired) electrons. The van der Waals surface area contributed by atoms with E-state index < -0.39 is 0 Å². The average molecular weight is 305 g/mol. The van der Waals surface area contributed by atoms with Gasteiger partial charge in [0.25, 0.3) is 0 Å². The van der Waals surface area contributed by atoms with E-state index in [-0.39, 0.29) is 0 Å². The molecular formula is C14H10Cl2N4. The van der Waals surface area contributed by atoms with E-state index in [0.29, 0.717) is 10.0 Å². The van der Waals surface area contributed by atoms with Crippen LogP contribution in [0.1, 0.15) is 0 Å². The summed E-state index contributed by atoms with van der Waals surface area (Å²) >= 11 is 12.0. The third kappa shape index (κ3) is 2.40. The fourth-order valence-corrected chi connectivity index (χ4v) is 2.30. The maximum Gasteiger partial charge on any atom is 0.100 e. The van der Waals surface area contributed by atoms with Crippen molar-refractivity contribution >= 4 is 23.2 Å². The molecule has 0 unspecified atom stereocenters. The van der Waals surface area contributed by atoms with Gasteiger partial charge in [0, 0.05) is 29.9 Å². The molecule has 0 saturated carbocycles. The zero-order valence-electron chi connectivity index (χ0n) is 10.6. The molecule has 0 atom stereocenters. The highest BCUT2D eigenvalue weighted by Crippen LogP contribution is 2.33. The largest absolute Gasteiger partial charge is 0.275 e. The fraction of sp³-hybridized carbons (Fsp3) is 0.0714. The first-order chi connectivity index (χ1) is 9.65. The average Bonchev–Trinajstić information content (AvgIpc) is 2.85. The third-order valence-electron chi connectivity index (χ3n) is 2.92. The Balaban J connectivity index is 2.17. The highest BCUT2D eigenvalue weighted by molar-refractivity contribution is 6.42. The molecule has 0 aliphatic carbocycles. The lowest BCUT2D eigenvalue weighted by atomic mass is 10.0. The van der Waals surface area contributed by atoms with Crippen LogP contribution < -0.4 is 0 Å². The molecule has 1 aromatic carbocycles. The summed E-state index contributed by atoms with van der Waals surface area (Å²) in [5.74, 6) is 0. The quantitative estimate of drug-likeness (QED) is 0.722. The summed E-state index contributed by atoms with van der Waals surface area (Å²) in [6.07, 6.45) is 5.30. The Bertz CT molecular complexity index is 753. The van der Waals surface area contributed by atoms with E-state index >= 15 is 0 Å². The van der Waals surface area contributed by atoms with Crippen LogP contribution in [0.5, 0.6) is 0 Å². The van der Waals surface area contributed by atoms with Gasteiger partial charge in [-0.05, 0) is 18.2 Å². The van der Waals surface area contributed by atoms with Crippen LogP contribution in [0.25, 0.3) is 22.4 Å². The van der Waals surface area contributed by atoms with Gasteiger partial charge in [0.15, 0.2) is 0 Å². The summed E-state index contributed by atoms with van der Waals surface area (Å²) in [4.78, 5) is 0. The summed E-state index contributed by atoms with van der Waals surface area (Å²) in [7, 11) is 1.87. The molecule has 3 rings (SSSR count). The Morgan fingerprint density at radius 2 is 1.85 bits per heavy atom. The number of hydrogen-bond acceptors (Lipinski definition) is 3. The Hall–Kier alpha value is -1.91. The first-order valence-corrected chi connectivity index (χ1v) is 6.67. The van der Waals surface area contributed by atoms with Gasteiger partial charge in [0.05, 0.1) is 22.4 Å². The van der Waals surface area contributed by atoms with Crippen molar-refractivity contribution in [3.8, 4) is 22.4 Å². The maximum atomic E-state index is 6.08. The van der Waals surface area contributed by atoms with Gasteiger partial charge >= 0.3 is 0 Å². The van der Waals surface area contributed by atoms with Gasteiger partial charge in [-0.25, -0.2) is 0 Å². The standard InChI is InChI=1S/C14H10Cl2N4/c1-20-8-11(10-4-5-17-18-7-10)14(19-20)9-2-3-12(15)13(16)6-9/h2-8H,1H3. The molecule has 0 fully saturated rings. The zero-order chi connectivity index (χ0) is 14.1. The van der Waals surface area contributed by atoms with Crippen molar-refractivity contribution in [2.24, 2.45) is 7.05 Å². The van der Waals surface area contributed by atoms with Gasteiger partial charge in [-0.3, -0.25) is 4.68 Å². The Morgan fingerprint density at radius 3 is 2.55 bits per heavy atom. The molecule has 2 aromatic heterocycles. The van der Waals surface area contributed by atoms with Crippen molar-refractivity contribution in [3.05, 3.63) is 52.9 Å².